The second-order valence-corrected chi connectivity index (χ2v) is 6.82. The average Bonchev–Trinajstić information content (AvgIpc) is 2.84. The predicted octanol–water partition coefficient (Wildman–Crippen LogP) is 4.09. The summed E-state index contributed by atoms with van der Waals surface area (Å²) in [7, 11) is 0. The number of hydrogen-bond acceptors (Lipinski definition) is 4. The Balaban J connectivity index is 1.95. The van der Waals surface area contributed by atoms with E-state index in [2.05, 4.69) is 44.0 Å². The standard InChI is InChI=1S/C16H18N2OS/c1-16(2,3)12-4-6-13(7-5-12)19-11-15-18-10-14(20-15)8-9-17/h4-7,10H,8,11H2,1-3H3. The third kappa shape index (κ3) is 3.82. The summed E-state index contributed by atoms with van der Waals surface area (Å²) in [6, 6.07) is 10.3. The van der Waals surface area contributed by atoms with Crippen LogP contribution < -0.4 is 4.74 Å². The summed E-state index contributed by atoms with van der Waals surface area (Å²) in [4.78, 5) is 5.23. The van der Waals surface area contributed by atoms with E-state index in [1.165, 1.54) is 16.9 Å². The molecule has 20 heavy (non-hydrogen) atoms. The third-order valence-corrected chi connectivity index (χ3v) is 3.91. The molecule has 0 fully saturated rings. The number of rotatable bonds is 4. The van der Waals surface area contributed by atoms with Gasteiger partial charge in [0.1, 0.15) is 17.4 Å². The fraction of sp³-hybridized carbons (Fsp3) is 0.375. The van der Waals surface area contributed by atoms with Crippen LogP contribution in [0.1, 0.15) is 36.2 Å². The van der Waals surface area contributed by atoms with Crippen molar-refractivity contribution < 1.29 is 4.74 Å². The lowest BCUT2D eigenvalue weighted by molar-refractivity contribution is 0.305. The Labute approximate surface area is 123 Å². The van der Waals surface area contributed by atoms with Gasteiger partial charge in [-0.15, -0.1) is 11.3 Å². The Kier molecular flexibility index (Phi) is 4.41. The maximum absolute atomic E-state index is 8.63. The lowest BCUT2D eigenvalue weighted by Crippen LogP contribution is -2.10. The van der Waals surface area contributed by atoms with Crippen LogP contribution in [0.4, 0.5) is 0 Å². The lowest BCUT2D eigenvalue weighted by atomic mass is 9.87. The molecule has 0 saturated heterocycles. The minimum absolute atomic E-state index is 0.153. The van der Waals surface area contributed by atoms with Crippen LogP contribution in [0.15, 0.2) is 30.5 Å². The number of nitriles is 1. The van der Waals surface area contributed by atoms with Gasteiger partial charge in [0.05, 0.1) is 12.5 Å². The van der Waals surface area contributed by atoms with Gasteiger partial charge in [0.2, 0.25) is 0 Å². The Morgan fingerprint density at radius 3 is 2.55 bits per heavy atom. The third-order valence-electron chi connectivity index (χ3n) is 2.94. The van der Waals surface area contributed by atoms with Crippen LogP contribution in [-0.2, 0) is 18.4 Å². The van der Waals surface area contributed by atoms with E-state index >= 15 is 0 Å². The molecule has 0 bridgehead atoms. The highest BCUT2D eigenvalue weighted by Gasteiger charge is 2.13. The van der Waals surface area contributed by atoms with E-state index < -0.39 is 0 Å². The molecule has 1 aromatic heterocycles. The zero-order valence-corrected chi connectivity index (χ0v) is 12.8. The fourth-order valence-electron chi connectivity index (χ4n) is 1.77. The monoisotopic (exact) mass is 286 g/mol. The Morgan fingerprint density at radius 2 is 1.95 bits per heavy atom. The zero-order valence-electron chi connectivity index (χ0n) is 12.0. The van der Waals surface area contributed by atoms with E-state index in [1.807, 2.05) is 12.1 Å². The molecule has 1 heterocycles. The Bertz CT molecular complexity index is 603. The normalized spacial score (nSPS) is 11.1. The number of ether oxygens (including phenoxy) is 1. The predicted molar refractivity (Wildman–Crippen MR) is 80.9 cm³/mol. The van der Waals surface area contributed by atoms with E-state index in [9.17, 15) is 0 Å². The van der Waals surface area contributed by atoms with Gasteiger partial charge in [-0.1, -0.05) is 32.9 Å². The number of benzene rings is 1. The summed E-state index contributed by atoms with van der Waals surface area (Å²) < 4.78 is 5.72. The van der Waals surface area contributed by atoms with Crippen LogP contribution >= 0.6 is 11.3 Å². The van der Waals surface area contributed by atoms with Gasteiger partial charge in [-0.25, -0.2) is 4.98 Å². The molecule has 0 unspecified atom stereocenters. The molecular formula is C16H18N2OS. The van der Waals surface area contributed by atoms with Crippen molar-refractivity contribution in [1.82, 2.24) is 4.98 Å². The first kappa shape index (κ1) is 14.5. The van der Waals surface area contributed by atoms with E-state index in [0.717, 1.165) is 15.6 Å². The molecule has 0 aliphatic heterocycles. The summed E-state index contributed by atoms with van der Waals surface area (Å²) in [6.45, 7) is 7.02. The molecule has 0 aliphatic rings. The van der Waals surface area contributed by atoms with E-state index in [0.29, 0.717) is 13.0 Å². The van der Waals surface area contributed by atoms with Crippen LogP contribution in [-0.4, -0.2) is 4.98 Å². The Morgan fingerprint density at radius 1 is 1.25 bits per heavy atom. The maximum atomic E-state index is 8.63. The van der Waals surface area contributed by atoms with Gasteiger partial charge in [0.15, 0.2) is 0 Å². The maximum Gasteiger partial charge on any atom is 0.140 e. The van der Waals surface area contributed by atoms with E-state index in [1.54, 1.807) is 6.20 Å². The summed E-state index contributed by atoms with van der Waals surface area (Å²) in [5, 5.41) is 9.52. The molecular weight excluding hydrogens is 268 g/mol. The lowest BCUT2D eigenvalue weighted by Gasteiger charge is -2.19. The fourth-order valence-corrected chi connectivity index (χ4v) is 2.54. The molecule has 0 radical (unpaired) electrons. The van der Waals surface area contributed by atoms with Crippen LogP contribution in [0.3, 0.4) is 0 Å². The molecule has 0 saturated carbocycles. The Hall–Kier alpha value is -1.86. The van der Waals surface area contributed by atoms with Gasteiger partial charge in [0.25, 0.3) is 0 Å². The van der Waals surface area contributed by atoms with Crippen molar-refractivity contribution in [2.24, 2.45) is 0 Å². The first-order valence-corrected chi connectivity index (χ1v) is 7.34. The van der Waals surface area contributed by atoms with E-state index in [-0.39, 0.29) is 5.41 Å². The number of hydrogen-bond donors (Lipinski definition) is 0. The largest absolute Gasteiger partial charge is 0.486 e. The quantitative estimate of drug-likeness (QED) is 0.850. The SMILES string of the molecule is CC(C)(C)c1ccc(OCc2ncc(CC#N)s2)cc1. The van der Waals surface area contributed by atoms with Crippen molar-refractivity contribution in [3.05, 3.63) is 45.9 Å². The van der Waals surface area contributed by atoms with Gasteiger partial charge in [-0.3, -0.25) is 0 Å². The van der Waals surface area contributed by atoms with Crippen molar-refractivity contribution in [3.63, 3.8) is 0 Å². The van der Waals surface area contributed by atoms with Gasteiger partial charge in [-0.05, 0) is 23.1 Å². The molecule has 0 aliphatic carbocycles. The first-order valence-electron chi connectivity index (χ1n) is 6.53. The average molecular weight is 286 g/mol. The smallest absolute Gasteiger partial charge is 0.140 e. The van der Waals surface area contributed by atoms with Crippen molar-refractivity contribution in [3.8, 4) is 11.8 Å². The highest BCUT2D eigenvalue weighted by atomic mass is 32.1. The highest BCUT2D eigenvalue weighted by molar-refractivity contribution is 7.11. The molecule has 104 valence electrons. The summed E-state index contributed by atoms with van der Waals surface area (Å²) in [5.41, 5.74) is 1.44. The highest BCUT2D eigenvalue weighted by Crippen LogP contribution is 2.25. The van der Waals surface area contributed by atoms with Gasteiger partial charge in [-0.2, -0.15) is 5.26 Å². The minimum Gasteiger partial charge on any atom is -0.486 e. The topological polar surface area (TPSA) is 45.9 Å². The molecule has 4 heteroatoms. The molecule has 0 N–H and O–H groups in total. The van der Waals surface area contributed by atoms with Crippen molar-refractivity contribution in [1.29, 1.82) is 5.26 Å². The van der Waals surface area contributed by atoms with Gasteiger partial charge >= 0.3 is 0 Å². The van der Waals surface area contributed by atoms with Gasteiger partial charge < -0.3 is 4.74 Å². The second kappa shape index (κ2) is 6.06. The molecule has 3 nitrogen and oxygen atoms in total. The molecule has 2 rings (SSSR count). The van der Waals surface area contributed by atoms with Crippen LogP contribution in [0, 0.1) is 11.3 Å². The van der Waals surface area contributed by atoms with Crippen molar-refractivity contribution in [2.45, 2.75) is 39.2 Å². The molecule has 2 aromatic rings. The zero-order chi connectivity index (χ0) is 14.6. The first-order chi connectivity index (χ1) is 9.49. The molecule has 0 amide bonds. The molecule has 0 spiro atoms. The van der Waals surface area contributed by atoms with Crippen LogP contribution in [0.2, 0.25) is 0 Å². The summed E-state index contributed by atoms with van der Waals surface area (Å²) in [5.74, 6) is 0.843. The van der Waals surface area contributed by atoms with E-state index in [4.69, 9.17) is 10.00 Å². The summed E-state index contributed by atoms with van der Waals surface area (Å²) in [6.07, 6.45) is 2.16. The number of aromatic nitrogens is 1. The minimum atomic E-state index is 0.153. The molecule has 1 aromatic carbocycles. The molecule has 0 atom stereocenters. The number of nitrogens with zero attached hydrogens (tertiary/aromatic N) is 2. The second-order valence-electron chi connectivity index (χ2n) is 5.62. The number of thiazole rings is 1. The van der Waals surface area contributed by atoms with Crippen LogP contribution in [0.25, 0.3) is 0 Å². The van der Waals surface area contributed by atoms with Crippen molar-refractivity contribution >= 4 is 11.3 Å². The van der Waals surface area contributed by atoms with Crippen LogP contribution in [0.5, 0.6) is 5.75 Å². The van der Waals surface area contributed by atoms with Crippen molar-refractivity contribution in [2.75, 3.05) is 0 Å². The summed E-state index contributed by atoms with van der Waals surface area (Å²) >= 11 is 1.53. The van der Waals surface area contributed by atoms with Gasteiger partial charge in [0, 0.05) is 11.1 Å².